The van der Waals surface area contributed by atoms with E-state index in [2.05, 4.69) is 77.7 Å². The molecule has 2 amide bonds. The standard InChI is InChI=1S/C53H68N6O6Si/c1-51(2,3)64-49(61)57-26-12-14-42(57)47-55-40-23-20-36(30-41(40)56-47)37-21-22-38(45-39(37)31-53(46(45)60)24-10-11-25-53)34-16-18-35(19-17-34)44-32-54-48(59(44)33-63-28-29-66(7,8)9)43-15-13-27-58(43)50(62)65-52(4,5)6/h16-23,30,32,42-43H,10-15,24-29,31,33H2,1-9H3,(H,55,56)/t42-,43-/m0/s1. The number of hydrogen-bond donors (Lipinski definition) is 1. The van der Waals surface area contributed by atoms with Crippen molar-refractivity contribution >= 4 is 37.1 Å². The molecule has 2 saturated heterocycles. The number of aromatic amines is 1. The van der Waals surface area contributed by atoms with Crippen LogP contribution in [0.1, 0.15) is 133 Å². The van der Waals surface area contributed by atoms with Gasteiger partial charge in [-0.25, -0.2) is 19.6 Å². The first kappa shape index (κ1) is 45.9. The number of H-pyrrole nitrogens is 1. The van der Waals surface area contributed by atoms with Crippen molar-refractivity contribution in [3.05, 3.63) is 83.6 Å². The highest BCUT2D eigenvalue weighted by molar-refractivity contribution is 6.76. The Kier molecular flexibility index (Phi) is 12.1. The van der Waals surface area contributed by atoms with Crippen molar-refractivity contribution in [2.75, 3.05) is 19.7 Å². The zero-order valence-corrected chi connectivity index (χ0v) is 41.5. The molecule has 13 heteroatoms. The Morgan fingerprint density at radius 2 is 1.39 bits per heavy atom. The van der Waals surface area contributed by atoms with Gasteiger partial charge in [0.1, 0.15) is 29.6 Å². The molecule has 1 saturated carbocycles. The van der Waals surface area contributed by atoms with E-state index < -0.39 is 19.3 Å². The minimum Gasteiger partial charge on any atom is -0.444 e. The second-order valence-corrected chi connectivity index (χ2v) is 28.0. The van der Waals surface area contributed by atoms with Gasteiger partial charge < -0.3 is 23.8 Å². The number of nitrogens with zero attached hydrogens (tertiary/aromatic N) is 5. The molecule has 3 aromatic carbocycles. The van der Waals surface area contributed by atoms with Crippen molar-refractivity contribution < 1.29 is 28.6 Å². The number of rotatable bonds is 10. The average molecular weight is 913 g/mol. The lowest BCUT2D eigenvalue weighted by atomic mass is 9.81. The van der Waals surface area contributed by atoms with Crippen molar-refractivity contribution in [3.8, 4) is 33.5 Å². The third kappa shape index (κ3) is 9.22. The van der Waals surface area contributed by atoms with Gasteiger partial charge in [-0.1, -0.05) is 74.9 Å². The summed E-state index contributed by atoms with van der Waals surface area (Å²) < 4.78 is 20.1. The lowest BCUT2D eigenvalue weighted by Gasteiger charge is -2.29. The van der Waals surface area contributed by atoms with E-state index in [9.17, 15) is 14.4 Å². The van der Waals surface area contributed by atoms with Crippen molar-refractivity contribution in [3.63, 3.8) is 0 Å². The van der Waals surface area contributed by atoms with Gasteiger partial charge in [-0.05, 0) is 138 Å². The minimum absolute atomic E-state index is 0.178. The van der Waals surface area contributed by atoms with Crippen LogP contribution in [0.5, 0.6) is 0 Å². The van der Waals surface area contributed by atoms with E-state index in [1.165, 1.54) is 0 Å². The van der Waals surface area contributed by atoms with Gasteiger partial charge in [0.05, 0.1) is 35.0 Å². The van der Waals surface area contributed by atoms with E-state index in [1.807, 2.05) is 58.7 Å². The smallest absolute Gasteiger partial charge is 0.410 e. The summed E-state index contributed by atoms with van der Waals surface area (Å²) in [6, 6.07) is 19.8. The number of fused-ring (bicyclic) bond motifs is 2. The molecule has 1 N–H and O–H groups in total. The molecule has 2 aliphatic heterocycles. The van der Waals surface area contributed by atoms with E-state index in [4.69, 9.17) is 24.2 Å². The van der Waals surface area contributed by atoms with Gasteiger partial charge in [-0.3, -0.25) is 14.6 Å². The maximum Gasteiger partial charge on any atom is 0.410 e. The highest BCUT2D eigenvalue weighted by Crippen LogP contribution is 2.53. The summed E-state index contributed by atoms with van der Waals surface area (Å²) in [6.07, 6.45) is 9.35. The normalized spacial score (nSPS) is 19.7. The number of aromatic nitrogens is 4. The summed E-state index contributed by atoms with van der Waals surface area (Å²) in [5, 5.41) is 0. The van der Waals surface area contributed by atoms with E-state index >= 15 is 0 Å². The van der Waals surface area contributed by atoms with Crippen molar-refractivity contribution in [2.24, 2.45) is 5.41 Å². The van der Waals surface area contributed by atoms with Crippen LogP contribution in [-0.2, 0) is 27.4 Å². The molecule has 5 aromatic rings. The molecule has 66 heavy (non-hydrogen) atoms. The Bertz CT molecular complexity index is 2640. The average Bonchev–Trinajstić information content (AvgIpc) is 4.11. The lowest BCUT2D eigenvalue weighted by Crippen LogP contribution is -2.37. The van der Waals surface area contributed by atoms with Crippen LogP contribution >= 0.6 is 0 Å². The number of carbonyl (C=O) groups is 3. The molecule has 0 radical (unpaired) electrons. The van der Waals surface area contributed by atoms with Gasteiger partial charge in [0.2, 0.25) is 0 Å². The van der Waals surface area contributed by atoms with Gasteiger partial charge in [0, 0.05) is 38.7 Å². The molecular weight excluding hydrogens is 845 g/mol. The number of amides is 2. The predicted molar refractivity (Wildman–Crippen MR) is 261 cm³/mol. The third-order valence-electron chi connectivity index (χ3n) is 13.9. The number of nitrogens with one attached hydrogen (secondary N) is 1. The highest BCUT2D eigenvalue weighted by atomic mass is 28.3. The number of likely N-dealkylation sites (tertiary alicyclic amines) is 2. The summed E-state index contributed by atoms with van der Waals surface area (Å²) in [5.41, 5.74) is 8.16. The second-order valence-electron chi connectivity index (χ2n) is 22.4. The summed E-state index contributed by atoms with van der Waals surface area (Å²) >= 11 is 0. The maximum atomic E-state index is 14.8. The number of carbonyl (C=O) groups excluding carboxylic acids is 3. The number of benzene rings is 3. The fraction of sp³-hybridized carbons (Fsp3) is 0.528. The Morgan fingerprint density at radius 1 is 0.788 bits per heavy atom. The zero-order chi connectivity index (χ0) is 46.8. The van der Waals surface area contributed by atoms with E-state index in [1.54, 1.807) is 4.90 Å². The Balaban J connectivity index is 1.03. The molecule has 4 heterocycles. The molecule has 0 bridgehead atoms. The first-order valence-corrected chi connectivity index (χ1v) is 27.9. The van der Waals surface area contributed by atoms with Crippen LogP contribution in [0.15, 0.2) is 60.8 Å². The van der Waals surface area contributed by atoms with Crippen molar-refractivity contribution in [1.29, 1.82) is 0 Å². The van der Waals surface area contributed by atoms with Crippen LogP contribution in [0, 0.1) is 5.41 Å². The Morgan fingerprint density at radius 3 is 2.05 bits per heavy atom. The van der Waals surface area contributed by atoms with E-state index in [0.717, 1.165) is 131 Å². The van der Waals surface area contributed by atoms with Gasteiger partial charge >= 0.3 is 12.2 Å². The molecule has 4 aliphatic rings. The number of Topliss-reactive ketones (excluding diaryl/α,β-unsaturated/α-hetero) is 1. The van der Waals surface area contributed by atoms with Crippen LogP contribution in [0.2, 0.25) is 25.7 Å². The fourth-order valence-corrected chi connectivity index (χ4v) is 11.4. The molecule has 3 fully saturated rings. The fourth-order valence-electron chi connectivity index (χ4n) is 10.6. The number of ether oxygens (including phenoxy) is 3. The molecule has 9 rings (SSSR count). The highest BCUT2D eigenvalue weighted by Gasteiger charge is 2.49. The molecule has 2 aromatic heterocycles. The molecular formula is C53H68N6O6Si. The molecule has 2 atom stereocenters. The Labute approximate surface area is 390 Å². The number of ketones is 1. The van der Waals surface area contributed by atoms with Crippen LogP contribution in [0.4, 0.5) is 9.59 Å². The molecule has 0 unspecified atom stereocenters. The SMILES string of the molecule is CC(C)(C)OC(=O)N1CCC[C@H]1c1nc2ccc(-c3ccc(-c4ccc(-c5cnc([C@@H]6CCCN6C(=O)OC(C)(C)C)n5COCC[Si](C)(C)C)cc4)c4c3CC3(CCCC3)C4=O)cc2[nH]1. The maximum absolute atomic E-state index is 14.8. The lowest BCUT2D eigenvalue weighted by molar-refractivity contribution is 0.0199. The number of imidazole rings is 2. The molecule has 12 nitrogen and oxygen atoms in total. The predicted octanol–water partition coefficient (Wildman–Crippen LogP) is 12.5. The van der Waals surface area contributed by atoms with Crippen LogP contribution in [0.25, 0.3) is 44.5 Å². The van der Waals surface area contributed by atoms with Gasteiger partial charge in [-0.15, -0.1) is 0 Å². The molecule has 2 aliphatic carbocycles. The monoisotopic (exact) mass is 912 g/mol. The number of hydrogen-bond acceptors (Lipinski definition) is 8. The van der Waals surface area contributed by atoms with Crippen LogP contribution in [0.3, 0.4) is 0 Å². The van der Waals surface area contributed by atoms with Gasteiger partial charge in [0.15, 0.2) is 5.78 Å². The largest absolute Gasteiger partial charge is 0.444 e. The van der Waals surface area contributed by atoms with Crippen molar-refractivity contribution in [1.82, 2.24) is 29.3 Å². The topological polar surface area (TPSA) is 132 Å². The van der Waals surface area contributed by atoms with Crippen LogP contribution in [-0.4, -0.2) is 86.3 Å². The van der Waals surface area contributed by atoms with E-state index in [0.29, 0.717) is 26.4 Å². The van der Waals surface area contributed by atoms with Crippen molar-refractivity contribution in [2.45, 2.75) is 155 Å². The van der Waals surface area contributed by atoms with Gasteiger partial charge in [-0.2, -0.15) is 0 Å². The first-order valence-electron chi connectivity index (χ1n) is 24.2. The van der Waals surface area contributed by atoms with E-state index in [-0.39, 0.29) is 35.5 Å². The second kappa shape index (κ2) is 17.4. The summed E-state index contributed by atoms with van der Waals surface area (Å²) in [4.78, 5) is 58.5. The zero-order valence-electron chi connectivity index (χ0n) is 40.5. The summed E-state index contributed by atoms with van der Waals surface area (Å²) in [5.74, 6) is 1.84. The van der Waals surface area contributed by atoms with Gasteiger partial charge in [0.25, 0.3) is 0 Å². The summed E-state index contributed by atoms with van der Waals surface area (Å²) in [7, 11) is -1.32. The molecule has 350 valence electrons. The molecule has 1 spiro atoms. The summed E-state index contributed by atoms with van der Waals surface area (Å²) in [6.45, 7) is 20.7. The first-order chi connectivity index (χ1) is 31.3. The van der Waals surface area contributed by atoms with Crippen LogP contribution < -0.4 is 0 Å². The third-order valence-corrected chi connectivity index (χ3v) is 15.6. The quantitative estimate of drug-likeness (QED) is 0.108. The minimum atomic E-state index is -1.32. The Hall–Kier alpha value is -5.27.